The molecule has 0 bridgehead atoms. The summed E-state index contributed by atoms with van der Waals surface area (Å²) in [5.41, 5.74) is 10.5. The van der Waals surface area contributed by atoms with Crippen molar-refractivity contribution < 1.29 is 24.8 Å². The minimum absolute atomic E-state index is 0. The van der Waals surface area contributed by atoms with Gasteiger partial charge in [0.25, 0.3) is 0 Å². The molecule has 0 radical (unpaired) electrons. The van der Waals surface area contributed by atoms with Gasteiger partial charge in [-0.25, -0.2) is 9.37 Å². The fraction of sp³-hybridized carbons (Fsp3) is 0.0400. The molecule has 0 saturated heterocycles. The molecule has 0 spiro atoms. The molecule has 0 amide bonds. The molecule has 58 heavy (non-hydrogen) atoms. The number of halogens is 1. The number of nitrogens with zero attached hydrogens (tertiary/aromatic N) is 5. The van der Waals surface area contributed by atoms with Crippen LogP contribution in [0.3, 0.4) is 0 Å². The number of para-hydroxylation sites is 5. The summed E-state index contributed by atoms with van der Waals surface area (Å²) < 4.78 is 21.5. The van der Waals surface area contributed by atoms with Gasteiger partial charge in [0, 0.05) is 60.4 Å². The van der Waals surface area contributed by atoms with Gasteiger partial charge in [-0.15, -0.1) is 41.5 Å². The molecule has 280 valence electrons. The van der Waals surface area contributed by atoms with Crippen LogP contribution in [0.25, 0.3) is 50.0 Å². The van der Waals surface area contributed by atoms with Gasteiger partial charge in [-0.3, -0.25) is 4.98 Å². The van der Waals surface area contributed by atoms with Crippen LogP contribution in [0.4, 0.5) is 27.1 Å². The first-order valence-electron chi connectivity index (χ1n) is 18.9. The number of benzene rings is 7. The van der Waals surface area contributed by atoms with E-state index in [2.05, 4.69) is 120 Å². The number of quaternary nitrogens is 1. The van der Waals surface area contributed by atoms with Crippen LogP contribution in [0.5, 0.6) is 0 Å². The Balaban J connectivity index is 0.00000408. The van der Waals surface area contributed by atoms with Crippen molar-refractivity contribution in [2.75, 3.05) is 0 Å². The minimum atomic E-state index is -1.48. The molecule has 1 aliphatic heterocycles. The second-order valence-corrected chi connectivity index (χ2v) is 15.3. The van der Waals surface area contributed by atoms with Gasteiger partial charge in [0.1, 0.15) is 23.2 Å². The second-order valence-electron chi connectivity index (χ2n) is 14.3. The summed E-state index contributed by atoms with van der Waals surface area (Å²) in [6, 6.07) is 64.9. The Morgan fingerprint density at radius 1 is 0.638 bits per heavy atom. The van der Waals surface area contributed by atoms with Gasteiger partial charge in [-0.1, -0.05) is 83.7 Å². The zero-order valence-electron chi connectivity index (χ0n) is 31.2. The zero-order chi connectivity index (χ0) is 38.1. The maximum Gasteiger partial charge on any atom is 2.00 e. The van der Waals surface area contributed by atoms with E-state index in [4.69, 9.17) is 9.97 Å². The van der Waals surface area contributed by atoms with Crippen molar-refractivity contribution in [1.29, 1.82) is 0 Å². The fourth-order valence-corrected chi connectivity index (χ4v) is 9.91. The molecule has 8 heteroatoms. The van der Waals surface area contributed by atoms with Gasteiger partial charge in [0.05, 0.1) is 32.2 Å². The standard InChI is InChI=1S/C50H33FN5S.Pd/c1-54-42-25-9-8-24-41(42)53-49(54)35-17-12-15-33(31-35)46(51)34-16-13-18-36(32-34)55-47-39(40-23-14-30-52-50(40)55)28-29-44-48(47)57-45-27-11-10-26-43(45)56(44,37-19-4-2-5-20-37)38-21-6-3-7-22-38;/h2-30,46H,1H3;/q-1;+2. The second kappa shape index (κ2) is 14.4. The first-order chi connectivity index (χ1) is 28.1. The van der Waals surface area contributed by atoms with Crippen molar-refractivity contribution in [2.24, 2.45) is 7.05 Å². The normalized spacial score (nSPS) is 13.6. The first-order valence-corrected chi connectivity index (χ1v) is 19.7. The summed E-state index contributed by atoms with van der Waals surface area (Å²) in [5.74, 6) is 0.740. The van der Waals surface area contributed by atoms with Crippen LogP contribution in [-0.4, -0.2) is 19.1 Å². The summed E-state index contributed by atoms with van der Waals surface area (Å²) in [6.45, 7) is 0. The van der Waals surface area contributed by atoms with Crippen molar-refractivity contribution in [3.05, 3.63) is 199 Å². The van der Waals surface area contributed by atoms with Gasteiger partial charge >= 0.3 is 20.4 Å². The third kappa shape index (κ3) is 5.45. The number of hydrogen-bond donors (Lipinski definition) is 0. The predicted octanol–water partition coefficient (Wildman–Crippen LogP) is 13.2. The topological polar surface area (TPSA) is 35.6 Å². The molecule has 1 aliphatic rings. The molecule has 4 heterocycles. The molecule has 1 atom stereocenters. The van der Waals surface area contributed by atoms with Gasteiger partial charge in [0.15, 0.2) is 11.4 Å². The fourth-order valence-electron chi connectivity index (χ4n) is 8.63. The van der Waals surface area contributed by atoms with E-state index in [1.54, 1.807) is 23.9 Å². The van der Waals surface area contributed by atoms with Crippen LogP contribution in [0.15, 0.2) is 186 Å². The third-order valence-corrected chi connectivity index (χ3v) is 12.3. The van der Waals surface area contributed by atoms with E-state index < -0.39 is 6.17 Å². The van der Waals surface area contributed by atoms with Crippen molar-refractivity contribution >= 4 is 67.5 Å². The minimum Gasteiger partial charge on any atom is -0.367 e. The number of hydrogen-bond acceptors (Lipinski definition) is 3. The summed E-state index contributed by atoms with van der Waals surface area (Å²) in [7, 11) is 1.98. The van der Waals surface area contributed by atoms with Crippen LogP contribution in [0, 0.1) is 12.1 Å². The molecule has 10 aromatic rings. The van der Waals surface area contributed by atoms with E-state index in [1.165, 1.54) is 5.69 Å². The van der Waals surface area contributed by atoms with Gasteiger partial charge in [-0.05, 0) is 36.4 Å². The Bertz CT molecular complexity index is 3120. The zero-order valence-corrected chi connectivity index (χ0v) is 33.5. The predicted molar refractivity (Wildman–Crippen MR) is 230 cm³/mol. The van der Waals surface area contributed by atoms with Crippen LogP contribution < -0.4 is 4.48 Å². The molecular weight excluding hydrogens is 828 g/mol. The van der Waals surface area contributed by atoms with Crippen molar-refractivity contribution in [1.82, 2.24) is 23.6 Å². The Kier molecular flexibility index (Phi) is 8.96. The summed E-state index contributed by atoms with van der Waals surface area (Å²) in [5, 5.41) is 2.09. The average Bonchev–Trinajstić information content (AvgIpc) is 3.81. The number of rotatable bonds is 6. The summed E-state index contributed by atoms with van der Waals surface area (Å²) in [4.78, 5) is 12.1. The van der Waals surface area contributed by atoms with Crippen LogP contribution in [0.1, 0.15) is 17.3 Å². The summed E-state index contributed by atoms with van der Waals surface area (Å²) in [6.07, 6.45) is 0.348. The van der Waals surface area contributed by atoms with Crippen LogP contribution in [0.2, 0.25) is 0 Å². The molecule has 0 aliphatic carbocycles. The molecule has 0 saturated carbocycles. The van der Waals surface area contributed by atoms with Crippen LogP contribution >= 0.6 is 11.8 Å². The van der Waals surface area contributed by atoms with Gasteiger partial charge in [-0.2, -0.15) is 22.7 Å². The van der Waals surface area contributed by atoms with Gasteiger partial charge in [0.2, 0.25) is 0 Å². The number of imidazole rings is 1. The molecule has 11 rings (SSSR count). The van der Waals surface area contributed by atoms with Crippen molar-refractivity contribution in [2.45, 2.75) is 16.0 Å². The summed E-state index contributed by atoms with van der Waals surface area (Å²) >= 11 is 1.77. The molecule has 5 nitrogen and oxygen atoms in total. The first kappa shape index (κ1) is 36.2. The maximum absolute atomic E-state index is 16.9. The maximum atomic E-state index is 16.9. The molecule has 7 aromatic carbocycles. The number of aromatic nitrogens is 4. The van der Waals surface area contributed by atoms with Gasteiger partial charge < -0.3 is 9.13 Å². The van der Waals surface area contributed by atoms with Crippen molar-refractivity contribution in [3.63, 3.8) is 0 Å². The van der Waals surface area contributed by atoms with E-state index >= 15 is 4.39 Å². The average molecular weight is 861 g/mol. The Labute approximate surface area is 353 Å². The van der Waals surface area contributed by atoms with E-state index in [-0.39, 0.29) is 20.4 Å². The van der Waals surface area contributed by atoms with E-state index in [0.29, 0.717) is 21.3 Å². The van der Waals surface area contributed by atoms with E-state index in [1.807, 2.05) is 72.4 Å². The number of aryl methyl sites for hydroxylation is 1. The molecule has 0 fully saturated rings. The Morgan fingerprint density at radius 3 is 2.10 bits per heavy atom. The SMILES string of the molecule is Cn1c(-c2[c-]c(C(F)c3[c-]c(-n4c5ncccc5c5ccc6c(c54)Sc4ccccc4[N+]6(c4ccccc4)c4ccccc4)ccc3)ccc2)nc2ccccc21.[Pd+2]. The molecule has 1 unspecified atom stereocenters. The largest absolute Gasteiger partial charge is 2.00 e. The van der Waals surface area contributed by atoms with E-state index in [9.17, 15) is 0 Å². The monoisotopic (exact) mass is 860 g/mol. The number of pyridine rings is 1. The quantitative estimate of drug-likeness (QED) is 0.0949. The van der Waals surface area contributed by atoms with Crippen LogP contribution in [-0.2, 0) is 27.5 Å². The third-order valence-electron chi connectivity index (χ3n) is 11.1. The Morgan fingerprint density at radius 2 is 1.33 bits per heavy atom. The number of alkyl halides is 1. The molecule has 3 aromatic heterocycles. The van der Waals surface area contributed by atoms with Crippen molar-refractivity contribution in [3.8, 4) is 17.1 Å². The molecular formula is C50H33FN5PdS+. The Hall–Kier alpha value is -6.14. The molecule has 0 N–H and O–H groups in total. The van der Waals surface area contributed by atoms with E-state index in [0.717, 1.165) is 71.2 Å². The number of fused-ring (bicyclic) bond motifs is 7. The smallest absolute Gasteiger partial charge is 0.367 e.